The van der Waals surface area contributed by atoms with E-state index >= 15 is 0 Å². The van der Waals surface area contributed by atoms with Crippen LogP contribution in [-0.4, -0.2) is 30.1 Å². The van der Waals surface area contributed by atoms with Gasteiger partial charge in [0.2, 0.25) is 0 Å². The molecule has 1 aliphatic heterocycles. The van der Waals surface area contributed by atoms with Crippen LogP contribution in [0.3, 0.4) is 0 Å². The molecule has 1 fully saturated rings. The minimum atomic E-state index is 0.391. The molecule has 2 unspecified atom stereocenters. The minimum absolute atomic E-state index is 0.391. The number of anilines is 1. The zero-order valence-electron chi connectivity index (χ0n) is 20.1. The van der Waals surface area contributed by atoms with Gasteiger partial charge in [0.15, 0.2) is 0 Å². The molecule has 0 aliphatic carbocycles. The Balaban J connectivity index is 1.52. The van der Waals surface area contributed by atoms with Crippen LogP contribution in [0, 0.1) is 6.92 Å². The topological polar surface area (TPSA) is 6.48 Å². The maximum absolute atomic E-state index is 2.72. The molecule has 0 spiro atoms. The summed E-state index contributed by atoms with van der Waals surface area (Å²) in [4.78, 5) is 5.39. The van der Waals surface area contributed by atoms with Gasteiger partial charge >= 0.3 is 0 Å². The lowest BCUT2D eigenvalue weighted by Crippen LogP contribution is -2.61. The number of hydrogen-bond donors (Lipinski definition) is 0. The molecule has 0 amide bonds. The average molecular weight is 447 g/mol. The quantitative estimate of drug-likeness (QED) is 0.318. The van der Waals surface area contributed by atoms with E-state index in [2.05, 4.69) is 132 Å². The molecule has 2 atom stereocenters. The molecule has 2 nitrogen and oxygen atoms in total. The Kier molecular flexibility index (Phi) is 7.07. The molecule has 34 heavy (non-hydrogen) atoms. The summed E-state index contributed by atoms with van der Waals surface area (Å²) in [5.74, 6) is 0. The highest BCUT2D eigenvalue weighted by Gasteiger charge is 2.36. The fourth-order valence-electron chi connectivity index (χ4n) is 5.31. The third kappa shape index (κ3) is 5.40. The Morgan fingerprint density at radius 3 is 1.62 bits per heavy atom. The highest BCUT2D eigenvalue weighted by Crippen LogP contribution is 2.30. The van der Waals surface area contributed by atoms with E-state index < -0.39 is 0 Å². The Morgan fingerprint density at radius 1 is 0.559 bits per heavy atom. The molecule has 4 aromatic rings. The fourth-order valence-corrected chi connectivity index (χ4v) is 5.31. The summed E-state index contributed by atoms with van der Waals surface area (Å²) in [7, 11) is 0. The zero-order valence-corrected chi connectivity index (χ0v) is 20.1. The number of aryl methyl sites for hydroxylation is 1. The maximum Gasteiger partial charge on any atom is 0.0489 e. The maximum atomic E-state index is 2.72. The molecule has 1 saturated heterocycles. The van der Waals surface area contributed by atoms with Crippen molar-refractivity contribution in [1.29, 1.82) is 0 Å². The third-order valence-corrected chi connectivity index (χ3v) is 7.11. The first kappa shape index (κ1) is 22.4. The first-order valence-electron chi connectivity index (χ1n) is 12.5. The second kappa shape index (κ2) is 10.7. The smallest absolute Gasteiger partial charge is 0.0489 e. The van der Waals surface area contributed by atoms with Gasteiger partial charge in [-0.1, -0.05) is 109 Å². The normalized spacial score (nSPS) is 18.7. The lowest BCUT2D eigenvalue weighted by molar-refractivity contribution is 0.129. The van der Waals surface area contributed by atoms with Crippen LogP contribution in [0.25, 0.3) is 0 Å². The largest absolute Gasteiger partial charge is 0.365 e. The van der Waals surface area contributed by atoms with Crippen molar-refractivity contribution in [1.82, 2.24) is 4.90 Å². The fraction of sp³-hybridized carbons (Fsp3) is 0.250. The van der Waals surface area contributed by atoms with E-state index in [1.165, 1.54) is 27.9 Å². The molecule has 172 valence electrons. The van der Waals surface area contributed by atoms with E-state index in [1.54, 1.807) is 0 Å². The van der Waals surface area contributed by atoms with Crippen LogP contribution in [0.15, 0.2) is 115 Å². The Hall–Kier alpha value is -3.36. The number of benzene rings is 4. The standard InChI is InChI=1S/C32H34N2/c1-26-17-19-30(20-18-26)34-22-21-33(25-29-15-9-4-10-16-29)31(23-27-11-5-2-6-12-27)32(34)24-28-13-7-3-8-14-28/h2-20,31-32H,21-25H2,1H3. The van der Waals surface area contributed by atoms with E-state index in [-0.39, 0.29) is 0 Å². The predicted molar refractivity (Wildman–Crippen MR) is 143 cm³/mol. The van der Waals surface area contributed by atoms with E-state index in [0.717, 1.165) is 32.5 Å². The summed E-state index contributed by atoms with van der Waals surface area (Å²) in [5, 5.41) is 0. The molecule has 1 heterocycles. The van der Waals surface area contributed by atoms with Gasteiger partial charge in [-0.15, -0.1) is 0 Å². The van der Waals surface area contributed by atoms with Gasteiger partial charge in [-0.25, -0.2) is 0 Å². The summed E-state index contributed by atoms with van der Waals surface area (Å²) in [6.45, 7) is 5.26. The predicted octanol–water partition coefficient (Wildman–Crippen LogP) is 6.54. The van der Waals surface area contributed by atoms with Gasteiger partial charge in [-0.2, -0.15) is 0 Å². The van der Waals surface area contributed by atoms with Gasteiger partial charge in [0.25, 0.3) is 0 Å². The number of rotatable bonds is 7. The first-order chi connectivity index (χ1) is 16.8. The third-order valence-electron chi connectivity index (χ3n) is 7.11. The highest BCUT2D eigenvalue weighted by atomic mass is 15.3. The summed E-state index contributed by atoms with van der Waals surface area (Å²) in [6, 6.07) is 42.9. The summed E-state index contributed by atoms with van der Waals surface area (Å²) in [6.07, 6.45) is 2.09. The van der Waals surface area contributed by atoms with Gasteiger partial charge in [0.05, 0.1) is 0 Å². The first-order valence-corrected chi connectivity index (χ1v) is 12.5. The van der Waals surface area contributed by atoms with Crippen molar-refractivity contribution in [2.45, 2.75) is 38.4 Å². The second-order valence-corrected chi connectivity index (χ2v) is 9.50. The van der Waals surface area contributed by atoms with E-state index in [4.69, 9.17) is 0 Å². The van der Waals surface area contributed by atoms with Crippen molar-refractivity contribution < 1.29 is 0 Å². The Morgan fingerprint density at radius 2 is 1.06 bits per heavy atom. The van der Waals surface area contributed by atoms with Crippen LogP contribution >= 0.6 is 0 Å². The van der Waals surface area contributed by atoms with Gasteiger partial charge in [0.1, 0.15) is 0 Å². The summed E-state index contributed by atoms with van der Waals surface area (Å²) in [5.41, 5.74) is 6.86. The van der Waals surface area contributed by atoms with Crippen LogP contribution in [-0.2, 0) is 19.4 Å². The van der Waals surface area contributed by atoms with E-state index in [9.17, 15) is 0 Å². The molecule has 5 rings (SSSR count). The molecule has 0 radical (unpaired) electrons. The van der Waals surface area contributed by atoms with Crippen molar-refractivity contribution in [3.63, 3.8) is 0 Å². The highest BCUT2D eigenvalue weighted by molar-refractivity contribution is 5.50. The van der Waals surface area contributed by atoms with Crippen LogP contribution in [0.1, 0.15) is 22.3 Å². The van der Waals surface area contributed by atoms with Gasteiger partial charge in [0, 0.05) is 37.4 Å². The van der Waals surface area contributed by atoms with Gasteiger partial charge in [-0.3, -0.25) is 4.90 Å². The lowest BCUT2D eigenvalue weighted by Gasteiger charge is -2.49. The van der Waals surface area contributed by atoms with Crippen LogP contribution in [0.5, 0.6) is 0 Å². The Labute approximate surface area is 204 Å². The van der Waals surface area contributed by atoms with Gasteiger partial charge in [-0.05, 0) is 48.6 Å². The number of piperazine rings is 1. The van der Waals surface area contributed by atoms with Crippen molar-refractivity contribution in [3.8, 4) is 0 Å². The monoisotopic (exact) mass is 446 g/mol. The Bertz CT molecular complexity index is 1140. The SMILES string of the molecule is Cc1ccc(N2CCN(Cc3ccccc3)C(Cc3ccccc3)C2Cc2ccccc2)cc1. The van der Waals surface area contributed by atoms with Crippen molar-refractivity contribution in [3.05, 3.63) is 138 Å². The molecule has 4 aromatic carbocycles. The molecule has 0 bridgehead atoms. The van der Waals surface area contributed by atoms with Crippen molar-refractivity contribution in [2.24, 2.45) is 0 Å². The molecule has 0 aromatic heterocycles. The molecule has 1 aliphatic rings. The van der Waals surface area contributed by atoms with E-state index in [0.29, 0.717) is 12.1 Å². The van der Waals surface area contributed by atoms with Crippen molar-refractivity contribution >= 4 is 5.69 Å². The second-order valence-electron chi connectivity index (χ2n) is 9.50. The van der Waals surface area contributed by atoms with Crippen LogP contribution in [0.2, 0.25) is 0 Å². The van der Waals surface area contributed by atoms with Crippen LogP contribution in [0.4, 0.5) is 5.69 Å². The molecular weight excluding hydrogens is 412 g/mol. The molecule has 0 saturated carbocycles. The van der Waals surface area contributed by atoms with Gasteiger partial charge < -0.3 is 4.90 Å². The zero-order chi connectivity index (χ0) is 23.2. The molecule has 2 heteroatoms. The number of hydrogen-bond acceptors (Lipinski definition) is 2. The number of nitrogens with zero attached hydrogens (tertiary/aromatic N) is 2. The average Bonchev–Trinajstić information content (AvgIpc) is 2.88. The summed E-state index contributed by atoms with van der Waals surface area (Å²) < 4.78 is 0. The summed E-state index contributed by atoms with van der Waals surface area (Å²) >= 11 is 0. The molecule has 0 N–H and O–H groups in total. The van der Waals surface area contributed by atoms with Crippen molar-refractivity contribution in [2.75, 3.05) is 18.0 Å². The minimum Gasteiger partial charge on any atom is -0.365 e. The molecular formula is C32H34N2. The van der Waals surface area contributed by atoms with Crippen LogP contribution < -0.4 is 4.90 Å². The van der Waals surface area contributed by atoms with E-state index in [1.807, 2.05) is 0 Å². The lowest BCUT2D eigenvalue weighted by atomic mass is 9.89.